The molecule has 3 nitrogen and oxygen atoms in total. The molecule has 3 heterocycles. The topological polar surface area (TPSA) is 38.9 Å². The van der Waals surface area contributed by atoms with E-state index in [0.29, 0.717) is 28.0 Å². The molecular weight excluding hydrogens is 896 g/mol. The maximum absolute atomic E-state index is 12.8. The molecule has 6 aromatic carbocycles. The van der Waals surface area contributed by atoms with Gasteiger partial charge in [0.1, 0.15) is 5.58 Å². The number of pyridine rings is 2. The first-order chi connectivity index (χ1) is 29.6. The normalized spacial score (nSPS) is 14.1. The van der Waals surface area contributed by atoms with E-state index in [1.165, 1.54) is 23.5 Å². The molecule has 0 aliphatic heterocycles. The number of rotatable bonds is 4. The van der Waals surface area contributed by atoms with Crippen LogP contribution >= 0.6 is 0 Å². The van der Waals surface area contributed by atoms with E-state index in [-0.39, 0.29) is 54.2 Å². The number of hydrogen-bond acceptors (Lipinski definition) is 3. The molecule has 1 radical (unpaired) electrons. The first kappa shape index (κ1) is 31.8. The molecule has 0 saturated heterocycles. The van der Waals surface area contributed by atoms with Crippen LogP contribution in [0.15, 0.2) is 132 Å². The summed E-state index contributed by atoms with van der Waals surface area (Å²) in [5.74, 6) is -0.268. The fraction of sp³-hybridized carbons (Fsp3) is 0.176. The Labute approximate surface area is 359 Å². The van der Waals surface area contributed by atoms with Gasteiger partial charge in [-0.2, -0.15) is 0 Å². The average Bonchev–Trinajstić information content (AvgIpc) is 3.59. The Hall–Kier alpha value is -5.26. The van der Waals surface area contributed by atoms with Crippen LogP contribution in [0.25, 0.3) is 77.1 Å². The second-order valence-electron chi connectivity index (χ2n) is 16.2. The second kappa shape index (κ2) is 15.6. The molecule has 0 aliphatic carbocycles. The Morgan fingerprint density at radius 1 is 0.737 bits per heavy atom. The van der Waals surface area contributed by atoms with E-state index in [1.807, 2.05) is 51.2 Å². The number of nitrogens with zero attached hydrogens (tertiary/aromatic N) is 2. The van der Waals surface area contributed by atoms with Crippen LogP contribution in [-0.4, -0.2) is 18.0 Å². The second-order valence-corrected chi connectivity index (χ2v) is 21.3. The summed E-state index contributed by atoms with van der Waals surface area (Å²) in [5.41, 5.74) is 4.02. The number of fused-ring (bicyclic) bond motifs is 6. The van der Waals surface area contributed by atoms with Gasteiger partial charge in [0.05, 0.1) is 15.0 Å². The summed E-state index contributed by atoms with van der Waals surface area (Å²) in [7, 11) is -1.34. The summed E-state index contributed by atoms with van der Waals surface area (Å²) in [6, 6.07) is 39.7. The molecule has 6 heteroatoms. The quantitative estimate of drug-likeness (QED) is 0.100. The number of halogens is 1. The molecule has 0 amide bonds. The summed E-state index contributed by atoms with van der Waals surface area (Å²) < 4.78 is 78.2. The molecule has 57 heavy (non-hydrogen) atoms. The molecule has 9 aromatic rings. The third-order valence-corrected chi connectivity index (χ3v) is 12.3. The van der Waals surface area contributed by atoms with Crippen molar-refractivity contribution in [3.63, 3.8) is 0 Å². The third kappa shape index (κ3) is 8.00. The van der Waals surface area contributed by atoms with Crippen molar-refractivity contribution >= 4 is 56.7 Å². The molecule has 287 valence electrons. The molecule has 0 spiro atoms. The summed E-state index contributed by atoms with van der Waals surface area (Å²) in [4.78, 5) is 8.86. The van der Waals surface area contributed by atoms with Gasteiger partial charge in [-0.1, -0.05) is 123 Å². The summed E-state index contributed by atoms with van der Waals surface area (Å²) in [6.07, 6.45) is 3.08. The average molecular weight is 948 g/mol. The first-order valence-electron chi connectivity index (χ1n) is 22.1. The Bertz CT molecular complexity index is 3210. The van der Waals surface area contributed by atoms with E-state index in [1.54, 1.807) is 30.3 Å². The Morgan fingerprint density at radius 2 is 1.54 bits per heavy atom. The first-order valence-corrected chi connectivity index (χ1v) is 22.1. The van der Waals surface area contributed by atoms with E-state index in [9.17, 15) is 4.39 Å². The van der Waals surface area contributed by atoms with Gasteiger partial charge in [0.15, 0.2) is 0 Å². The zero-order valence-corrected chi connectivity index (χ0v) is 36.0. The number of aryl methyl sites for hydroxylation is 2. The Balaban J connectivity index is 0.000000286. The summed E-state index contributed by atoms with van der Waals surface area (Å²) in [5, 5.41) is 7.51. The Kier molecular flexibility index (Phi) is 8.69. The minimum Gasteiger partial charge on any atom is -0.501 e. The van der Waals surface area contributed by atoms with Crippen molar-refractivity contribution in [2.75, 3.05) is 0 Å². The van der Waals surface area contributed by atoms with Crippen molar-refractivity contribution in [2.45, 2.75) is 59.5 Å². The predicted octanol–water partition coefficient (Wildman–Crippen LogP) is 13.6. The van der Waals surface area contributed by atoms with Crippen molar-refractivity contribution in [3.05, 3.63) is 162 Å². The van der Waals surface area contributed by atoms with E-state index >= 15 is 0 Å². The van der Waals surface area contributed by atoms with Crippen LogP contribution < -0.4 is 5.19 Å². The van der Waals surface area contributed by atoms with Crippen LogP contribution in [0.3, 0.4) is 0 Å². The molecule has 0 unspecified atom stereocenters. The maximum atomic E-state index is 12.8. The van der Waals surface area contributed by atoms with Gasteiger partial charge in [-0.25, -0.2) is 0 Å². The standard InChI is InChI=1S/C37H30NO.C14H15FNSi.Ir/c1-22-17-26(37(3,4)5)15-16-27(22)31-19-34(38-21-23(31)2)30-12-8-11-29-33-18-25-14-13-24-9-6-7-10-28(24)32(25)20-35(33)39-36(29)30;1-17(2,3)13-8-9-16-14(10-13)11-4-6-12(15)7-5-11;/h6-11,13-21H,1-5H3;4,6-10H,1-3H3;/q2*-1;/i1D3,2D3,16D;;. The molecule has 0 bridgehead atoms. The molecule has 0 aliphatic rings. The van der Waals surface area contributed by atoms with Gasteiger partial charge in [0, 0.05) is 51.9 Å². The van der Waals surface area contributed by atoms with Gasteiger partial charge in [0.2, 0.25) is 0 Å². The van der Waals surface area contributed by atoms with Crippen molar-refractivity contribution in [3.8, 4) is 33.6 Å². The van der Waals surface area contributed by atoms with Crippen molar-refractivity contribution in [1.29, 1.82) is 0 Å². The molecule has 0 N–H and O–H groups in total. The number of hydrogen-bond donors (Lipinski definition) is 0. The minimum absolute atomic E-state index is 0. The van der Waals surface area contributed by atoms with Gasteiger partial charge >= 0.3 is 0 Å². The molecule has 0 saturated carbocycles. The van der Waals surface area contributed by atoms with Crippen LogP contribution in [0.5, 0.6) is 0 Å². The molecule has 9 rings (SSSR count). The van der Waals surface area contributed by atoms with Gasteiger partial charge in [-0.15, -0.1) is 48.0 Å². The van der Waals surface area contributed by atoms with Crippen molar-refractivity contribution in [1.82, 2.24) is 9.97 Å². The molecular formula is C51H45FIrN2OSi-2. The van der Waals surface area contributed by atoms with Crippen molar-refractivity contribution in [2.24, 2.45) is 0 Å². The summed E-state index contributed by atoms with van der Waals surface area (Å²) in [6.45, 7) is 7.50. The monoisotopic (exact) mass is 948 g/mol. The fourth-order valence-electron chi connectivity index (χ4n) is 6.99. The van der Waals surface area contributed by atoms with Crippen LogP contribution in [0.4, 0.5) is 4.39 Å². The third-order valence-electron chi connectivity index (χ3n) is 10.2. The number of aromatic nitrogens is 2. The van der Waals surface area contributed by atoms with Gasteiger partial charge < -0.3 is 14.4 Å². The van der Waals surface area contributed by atoms with Gasteiger partial charge in [-0.05, 0) is 98.1 Å². The zero-order chi connectivity index (χ0) is 45.2. The van der Waals surface area contributed by atoms with E-state index in [4.69, 9.17) is 14.0 Å². The van der Waals surface area contributed by atoms with Gasteiger partial charge in [0.25, 0.3) is 0 Å². The fourth-order valence-corrected chi connectivity index (χ4v) is 8.14. The summed E-state index contributed by atoms with van der Waals surface area (Å²) >= 11 is 0. The molecule has 0 atom stereocenters. The minimum atomic E-state index is -2.61. The zero-order valence-electron chi connectivity index (χ0n) is 39.6. The van der Waals surface area contributed by atoms with Crippen LogP contribution in [-0.2, 0) is 25.5 Å². The number of furan rings is 1. The van der Waals surface area contributed by atoms with Gasteiger partial charge in [-0.3, -0.25) is 4.39 Å². The largest absolute Gasteiger partial charge is 0.501 e. The van der Waals surface area contributed by atoms with Crippen LogP contribution in [0.1, 0.15) is 47.1 Å². The van der Waals surface area contributed by atoms with E-state index in [2.05, 4.69) is 84.2 Å². The van der Waals surface area contributed by atoms with E-state index in [0.717, 1.165) is 43.6 Å². The number of benzene rings is 6. The smallest absolute Gasteiger partial charge is 0.121 e. The molecule has 3 aromatic heterocycles. The molecule has 0 fully saturated rings. The predicted molar refractivity (Wildman–Crippen MR) is 236 cm³/mol. The van der Waals surface area contributed by atoms with Crippen LogP contribution in [0, 0.1) is 31.7 Å². The maximum Gasteiger partial charge on any atom is 0.121 e. The van der Waals surface area contributed by atoms with Crippen LogP contribution in [0.2, 0.25) is 19.6 Å². The van der Waals surface area contributed by atoms with E-state index < -0.39 is 27.2 Å². The SMILES string of the molecule is C[Si](C)(C)c1ccnc(-c2[c-]cc(F)cc2)c1.[2H]c1cc(C(C)(C)C)cc(C([2H])([2H])[2H])c1-c1cc(-c2[c-]ccc3c2oc2cc4c(ccc5ccccc54)cc23)ncc1C([2H])([2H])[2H].[Ir]. The Morgan fingerprint density at radius 3 is 2.30 bits per heavy atom. The van der Waals surface area contributed by atoms with Crippen molar-refractivity contribution < 1.29 is 38.5 Å².